The van der Waals surface area contributed by atoms with Gasteiger partial charge in [0.15, 0.2) is 5.82 Å². The van der Waals surface area contributed by atoms with Gasteiger partial charge in [0.2, 0.25) is 5.88 Å². The lowest BCUT2D eigenvalue weighted by atomic mass is 10.4. The molecule has 0 unspecified atom stereocenters. The highest BCUT2D eigenvalue weighted by atomic mass is 16.5. The minimum atomic E-state index is -0.208. The van der Waals surface area contributed by atoms with Gasteiger partial charge in [-0.1, -0.05) is 6.92 Å². The van der Waals surface area contributed by atoms with Crippen LogP contribution in [0.1, 0.15) is 26.7 Å². The van der Waals surface area contributed by atoms with E-state index in [2.05, 4.69) is 9.97 Å². The lowest BCUT2D eigenvalue weighted by Gasteiger charge is -2.17. The second kappa shape index (κ2) is 8.29. The van der Waals surface area contributed by atoms with E-state index in [9.17, 15) is 4.79 Å². The number of esters is 1. The van der Waals surface area contributed by atoms with E-state index in [4.69, 9.17) is 9.47 Å². The highest BCUT2D eigenvalue weighted by molar-refractivity contribution is 5.70. The minimum Gasteiger partial charge on any atom is -0.477 e. The largest absolute Gasteiger partial charge is 0.477 e. The lowest BCUT2D eigenvalue weighted by Crippen LogP contribution is -2.23. The standard InChI is InChI=1S/C13H21N3O3/c1-4-8-19-12-10-14-9-11(15-12)16(3)7-6-13(17)18-5-2/h9-10H,4-8H2,1-3H3. The smallest absolute Gasteiger partial charge is 0.307 e. The van der Waals surface area contributed by atoms with E-state index < -0.39 is 0 Å². The zero-order chi connectivity index (χ0) is 14.1. The van der Waals surface area contributed by atoms with Gasteiger partial charge in [-0.05, 0) is 13.3 Å². The van der Waals surface area contributed by atoms with Gasteiger partial charge in [0.05, 0.1) is 32.0 Å². The van der Waals surface area contributed by atoms with Gasteiger partial charge in [-0.2, -0.15) is 4.98 Å². The molecule has 0 saturated carbocycles. The molecule has 0 amide bonds. The number of ether oxygens (including phenoxy) is 2. The van der Waals surface area contributed by atoms with Crippen LogP contribution in [0.2, 0.25) is 0 Å². The molecule has 1 aromatic rings. The Hall–Kier alpha value is -1.85. The zero-order valence-electron chi connectivity index (χ0n) is 11.8. The van der Waals surface area contributed by atoms with E-state index in [0.29, 0.717) is 37.9 Å². The van der Waals surface area contributed by atoms with Crippen molar-refractivity contribution in [2.45, 2.75) is 26.7 Å². The maximum Gasteiger partial charge on any atom is 0.307 e. The summed E-state index contributed by atoms with van der Waals surface area (Å²) in [5, 5.41) is 0. The summed E-state index contributed by atoms with van der Waals surface area (Å²) in [6.07, 6.45) is 4.47. The maximum absolute atomic E-state index is 11.3. The van der Waals surface area contributed by atoms with Crippen molar-refractivity contribution >= 4 is 11.8 Å². The summed E-state index contributed by atoms with van der Waals surface area (Å²) in [4.78, 5) is 21.5. The predicted molar refractivity (Wildman–Crippen MR) is 72.3 cm³/mol. The number of carbonyl (C=O) groups is 1. The summed E-state index contributed by atoms with van der Waals surface area (Å²) in [6.45, 7) is 5.38. The Morgan fingerprint density at radius 1 is 1.37 bits per heavy atom. The molecule has 0 N–H and O–H groups in total. The molecule has 1 aromatic heterocycles. The molecular weight excluding hydrogens is 246 g/mol. The number of anilines is 1. The SMILES string of the molecule is CCCOc1cncc(N(C)CCC(=O)OCC)n1. The first-order valence-electron chi connectivity index (χ1n) is 6.49. The summed E-state index contributed by atoms with van der Waals surface area (Å²) < 4.78 is 10.3. The number of nitrogens with zero attached hydrogens (tertiary/aromatic N) is 3. The average Bonchev–Trinajstić information content (AvgIpc) is 2.43. The van der Waals surface area contributed by atoms with Crippen molar-refractivity contribution in [3.63, 3.8) is 0 Å². The van der Waals surface area contributed by atoms with E-state index in [-0.39, 0.29) is 5.97 Å². The van der Waals surface area contributed by atoms with Gasteiger partial charge in [0, 0.05) is 13.6 Å². The molecule has 0 saturated heterocycles. The van der Waals surface area contributed by atoms with Crippen molar-refractivity contribution in [3.8, 4) is 5.88 Å². The molecule has 6 nitrogen and oxygen atoms in total. The van der Waals surface area contributed by atoms with Crippen LogP contribution in [0.25, 0.3) is 0 Å². The van der Waals surface area contributed by atoms with Gasteiger partial charge < -0.3 is 14.4 Å². The summed E-state index contributed by atoms with van der Waals surface area (Å²) >= 11 is 0. The zero-order valence-corrected chi connectivity index (χ0v) is 11.8. The van der Waals surface area contributed by atoms with Crippen LogP contribution in [-0.4, -0.2) is 42.7 Å². The van der Waals surface area contributed by atoms with Crippen molar-refractivity contribution in [3.05, 3.63) is 12.4 Å². The summed E-state index contributed by atoms with van der Waals surface area (Å²) in [5.74, 6) is 0.973. The Labute approximate surface area is 113 Å². The summed E-state index contributed by atoms with van der Waals surface area (Å²) in [5.41, 5.74) is 0. The lowest BCUT2D eigenvalue weighted by molar-refractivity contribution is -0.142. The van der Waals surface area contributed by atoms with Crippen molar-refractivity contribution in [1.82, 2.24) is 9.97 Å². The van der Waals surface area contributed by atoms with Crippen molar-refractivity contribution in [1.29, 1.82) is 0 Å². The third-order valence-corrected chi connectivity index (χ3v) is 2.40. The van der Waals surface area contributed by atoms with Gasteiger partial charge in [0.1, 0.15) is 0 Å². The average molecular weight is 267 g/mol. The molecule has 19 heavy (non-hydrogen) atoms. The van der Waals surface area contributed by atoms with Crippen molar-refractivity contribution < 1.29 is 14.3 Å². The van der Waals surface area contributed by atoms with Crippen LogP contribution in [-0.2, 0) is 9.53 Å². The molecule has 0 spiro atoms. The Morgan fingerprint density at radius 2 is 2.16 bits per heavy atom. The van der Waals surface area contributed by atoms with Gasteiger partial charge in [0.25, 0.3) is 0 Å². The molecule has 0 bridgehead atoms. The van der Waals surface area contributed by atoms with Crippen LogP contribution < -0.4 is 9.64 Å². The van der Waals surface area contributed by atoms with Gasteiger partial charge in [-0.3, -0.25) is 9.78 Å². The van der Waals surface area contributed by atoms with E-state index in [0.717, 1.165) is 6.42 Å². The molecule has 6 heteroatoms. The van der Waals surface area contributed by atoms with E-state index in [1.807, 2.05) is 18.9 Å². The number of hydrogen-bond acceptors (Lipinski definition) is 6. The molecule has 0 radical (unpaired) electrons. The minimum absolute atomic E-state index is 0.208. The molecule has 0 fully saturated rings. The molecule has 1 heterocycles. The Morgan fingerprint density at radius 3 is 2.84 bits per heavy atom. The molecule has 0 atom stereocenters. The second-order valence-electron chi connectivity index (χ2n) is 4.04. The van der Waals surface area contributed by atoms with Gasteiger partial charge >= 0.3 is 5.97 Å². The van der Waals surface area contributed by atoms with E-state index >= 15 is 0 Å². The molecule has 0 aromatic carbocycles. The van der Waals surface area contributed by atoms with Crippen LogP contribution in [0, 0.1) is 0 Å². The first-order chi connectivity index (χ1) is 9.17. The fraction of sp³-hybridized carbons (Fsp3) is 0.615. The predicted octanol–water partition coefficient (Wildman–Crippen LogP) is 1.65. The first kappa shape index (κ1) is 15.2. The van der Waals surface area contributed by atoms with E-state index in [1.54, 1.807) is 19.3 Å². The highest BCUT2D eigenvalue weighted by Gasteiger charge is 2.08. The first-order valence-corrected chi connectivity index (χ1v) is 6.49. The van der Waals surface area contributed by atoms with Crippen molar-refractivity contribution in [2.24, 2.45) is 0 Å². The number of hydrogen-bond donors (Lipinski definition) is 0. The topological polar surface area (TPSA) is 64.5 Å². The molecule has 0 aliphatic heterocycles. The quantitative estimate of drug-likeness (QED) is 0.667. The Balaban J connectivity index is 2.51. The number of rotatable bonds is 8. The van der Waals surface area contributed by atoms with Crippen LogP contribution in [0.5, 0.6) is 5.88 Å². The van der Waals surface area contributed by atoms with Crippen LogP contribution in [0.3, 0.4) is 0 Å². The fourth-order valence-electron chi connectivity index (χ4n) is 1.41. The number of carbonyl (C=O) groups excluding carboxylic acids is 1. The maximum atomic E-state index is 11.3. The Kier molecular flexibility index (Phi) is 6.63. The molecule has 1 rings (SSSR count). The van der Waals surface area contributed by atoms with Gasteiger partial charge in [-0.15, -0.1) is 0 Å². The third-order valence-electron chi connectivity index (χ3n) is 2.40. The number of aromatic nitrogens is 2. The third kappa shape index (κ3) is 5.54. The molecule has 0 aliphatic carbocycles. The summed E-state index contributed by atoms with van der Waals surface area (Å²) in [7, 11) is 1.85. The molecular formula is C13H21N3O3. The van der Waals surface area contributed by atoms with Crippen LogP contribution in [0.15, 0.2) is 12.4 Å². The normalized spacial score (nSPS) is 10.1. The van der Waals surface area contributed by atoms with Gasteiger partial charge in [-0.25, -0.2) is 0 Å². The van der Waals surface area contributed by atoms with E-state index in [1.165, 1.54) is 0 Å². The highest BCUT2D eigenvalue weighted by Crippen LogP contribution is 2.13. The molecule has 0 aliphatic rings. The fourth-order valence-corrected chi connectivity index (χ4v) is 1.41. The van der Waals surface area contributed by atoms with Crippen molar-refractivity contribution in [2.75, 3.05) is 31.7 Å². The monoisotopic (exact) mass is 267 g/mol. The molecule has 106 valence electrons. The second-order valence-corrected chi connectivity index (χ2v) is 4.04. The Bertz CT molecular complexity index is 398. The van der Waals surface area contributed by atoms with Crippen LogP contribution in [0.4, 0.5) is 5.82 Å². The van der Waals surface area contributed by atoms with Crippen LogP contribution >= 0.6 is 0 Å². The summed E-state index contributed by atoms with van der Waals surface area (Å²) in [6, 6.07) is 0.